The summed E-state index contributed by atoms with van der Waals surface area (Å²) in [7, 11) is 1.94. The number of hydrogen-bond donors (Lipinski definition) is 1. The van der Waals surface area contributed by atoms with Crippen molar-refractivity contribution in [3.8, 4) is 0 Å². The van der Waals surface area contributed by atoms with Gasteiger partial charge in [0, 0.05) is 20.2 Å². The lowest BCUT2D eigenvalue weighted by Gasteiger charge is -2.21. The second-order valence-corrected chi connectivity index (χ2v) is 4.11. The van der Waals surface area contributed by atoms with Crippen LogP contribution in [-0.2, 0) is 9.47 Å². The summed E-state index contributed by atoms with van der Waals surface area (Å²) in [6.07, 6.45) is 0. The van der Waals surface area contributed by atoms with Gasteiger partial charge in [-0.1, -0.05) is 0 Å². The zero-order valence-corrected chi connectivity index (χ0v) is 11.8. The molecule has 0 unspecified atom stereocenters. The number of esters is 1. The molecule has 0 saturated heterocycles. The second-order valence-electron chi connectivity index (χ2n) is 4.11. The lowest BCUT2D eigenvalue weighted by Crippen LogP contribution is -2.23. The molecule has 0 heterocycles. The summed E-state index contributed by atoms with van der Waals surface area (Å²) in [4.78, 5) is 13.6. The molecule has 0 aromatic heterocycles. The number of carbonyl (C=O) groups is 1. The number of nitrogen functional groups attached to an aromatic ring is 1. The molecule has 5 nitrogen and oxygen atoms in total. The Bertz CT molecular complexity index is 421. The Morgan fingerprint density at radius 3 is 2.63 bits per heavy atom. The zero-order chi connectivity index (χ0) is 14.3. The van der Waals surface area contributed by atoms with E-state index in [4.69, 9.17) is 15.2 Å². The van der Waals surface area contributed by atoms with Crippen molar-refractivity contribution in [2.45, 2.75) is 13.8 Å². The van der Waals surface area contributed by atoms with Crippen molar-refractivity contribution < 1.29 is 14.3 Å². The SMILES string of the molecule is CCOCCN(C)c1ccc(C(=O)OCC)cc1N. The molecule has 0 fully saturated rings. The molecule has 0 bridgehead atoms. The lowest BCUT2D eigenvalue weighted by atomic mass is 10.1. The van der Waals surface area contributed by atoms with Crippen molar-refractivity contribution in [3.05, 3.63) is 23.8 Å². The third-order valence-electron chi connectivity index (χ3n) is 2.73. The highest BCUT2D eigenvalue weighted by atomic mass is 16.5. The van der Waals surface area contributed by atoms with Gasteiger partial charge < -0.3 is 20.1 Å². The average molecular weight is 266 g/mol. The van der Waals surface area contributed by atoms with E-state index >= 15 is 0 Å². The topological polar surface area (TPSA) is 64.8 Å². The van der Waals surface area contributed by atoms with Crippen molar-refractivity contribution in [2.75, 3.05) is 44.0 Å². The van der Waals surface area contributed by atoms with Crippen molar-refractivity contribution in [2.24, 2.45) is 0 Å². The van der Waals surface area contributed by atoms with Crippen LogP contribution in [0.2, 0.25) is 0 Å². The van der Waals surface area contributed by atoms with Crippen LogP contribution in [0.3, 0.4) is 0 Å². The van der Waals surface area contributed by atoms with Gasteiger partial charge in [0.25, 0.3) is 0 Å². The first-order valence-electron chi connectivity index (χ1n) is 6.45. The zero-order valence-electron chi connectivity index (χ0n) is 11.8. The summed E-state index contributed by atoms with van der Waals surface area (Å²) in [5, 5.41) is 0. The predicted molar refractivity (Wildman–Crippen MR) is 76.6 cm³/mol. The molecule has 0 radical (unpaired) electrons. The number of hydrogen-bond acceptors (Lipinski definition) is 5. The van der Waals surface area contributed by atoms with Crippen molar-refractivity contribution in [1.29, 1.82) is 0 Å². The van der Waals surface area contributed by atoms with Gasteiger partial charge in [-0.05, 0) is 32.0 Å². The average Bonchev–Trinajstić information content (AvgIpc) is 2.39. The Kier molecular flexibility index (Phi) is 6.15. The van der Waals surface area contributed by atoms with Crippen LogP contribution in [0.15, 0.2) is 18.2 Å². The van der Waals surface area contributed by atoms with Crippen LogP contribution in [-0.4, -0.2) is 39.4 Å². The number of nitrogens with zero attached hydrogens (tertiary/aromatic N) is 1. The first kappa shape index (κ1) is 15.3. The Labute approximate surface area is 114 Å². The van der Waals surface area contributed by atoms with Gasteiger partial charge >= 0.3 is 5.97 Å². The maximum absolute atomic E-state index is 11.6. The van der Waals surface area contributed by atoms with E-state index in [2.05, 4.69) is 0 Å². The maximum atomic E-state index is 11.6. The van der Waals surface area contributed by atoms with Crippen LogP contribution in [0.25, 0.3) is 0 Å². The molecular weight excluding hydrogens is 244 g/mol. The maximum Gasteiger partial charge on any atom is 0.338 e. The van der Waals surface area contributed by atoms with E-state index in [-0.39, 0.29) is 5.97 Å². The van der Waals surface area contributed by atoms with E-state index in [1.54, 1.807) is 19.1 Å². The first-order chi connectivity index (χ1) is 9.10. The molecule has 0 saturated carbocycles. The third kappa shape index (κ3) is 4.44. The summed E-state index contributed by atoms with van der Waals surface area (Å²) in [6, 6.07) is 5.19. The number of nitrogens with two attached hydrogens (primary N) is 1. The van der Waals surface area contributed by atoms with Crippen LogP contribution in [0, 0.1) is 0 Å². The number of ether oxygens (including phenoxy) is 2. The molecule has 19 heavy (non-hydrogen) atoms. The number of carbonyl (C=O) groups excluding carboxylic acids is 1. The summed E-state index contributed by atoms with van der Waals surface area (Å²) in [5.41, 5.74) is 7.89. The molecule has 0 aliphatic carbocycles. The summed E-state index contributed by atoms with van der Waals surface area (Å²) in [5.74, 6) is -0.349. The number of rotatable bonds is 7. The Hall–Kier alpha value is -1.75. The molecule has 106 valence electrons. The molecule has 0 atom stereocenters. The van der Waals surface area contributed by atoms with Crippen LogP contribution in [0.4, 0.5) is 11.4 Å². The van der Waals surface area contributed by atoms with Gasteiger partial charge in [-0.2, -0.15) is 0 Å². The molecule has 1 aromatic carbocycles. The molecular formula is C14H22N2O3. The highest BCUT2D eigenvalue weighted by Gasteiger charge is 2.11. The summed E-state index contributed by atoms with van der Waals surface area (Å²) in [6.45, 7) is 6.18. The van der Waals surface area contributed by atoms with Crippen LogP contribution in [0.1, 0.15) is 24.2 Å². The van der Waals surface area contributed by atoms with Crippen molar-refractivity contribution in [1.82, 2.24) is 0 Å². The highest BCUT2D eigenvalue weighted by Crippen LogP contribution is 2.23. The van der Waals surface area contributed by atoms with Crippen molar-refractivity contribution >= 4 is 17.3 Å². The highest BCUT2D eigenvalue weighted by molar-refractivity contribution is 5.92. The van der Waals surface area contributed by atoms with Gasteiger partial charge in [0.05, 0.1) is 30.2 Å². The fourth-order valence-corrected chi connectivity index (χ4v) is 1.71. The fourth-order valence-electron chi connectivity index (χ4n) is 1.71. The quantitative estimate of drug-likeness (QED) is 0.464. The van der Waals surface area contributed by atoms with Crippen LogP contribution >= 0.6 is 0 Å². The van der Waals surface area contributed by atoms with E-state index in [0.29, 0.717) is 31.1 Å². The minimum absolute atomic E-state index is 0.349. The van der Waals surface area contributed by atoms with E-state index in [1.807, 2.05) is 24.9 Å². The minimum Gasteiger partial charge on any atom is -0.462 e. The predicted octanol–water partition coefficient (Wildman–Crippen LogP) is 1.92. The van der Waals surface area contributed by atoms with Crippen molar-refractivity contribution in [3.63, 3.8) is 0 Å². The monoisotopic (exact) mass is 266 g/mol. The largest absolute Gasteiger partial charge is 0.462 e. The number of benzene rings is 1. The lowest BCUT2D eigenvalue weighted by molar-refractivity contribution is 0.0526. The molecule has 0 aliphatic heterocycles. The summed E-state index contributed by atoms with van der Waals surface area (Å²) >= 11 is 0. The standard InChI is InChI=1S/C14H22N2O3/c1-4-18-9-8-16(3)13-7-6-11(10-12(13)15)14(17)19-5-2/h6-7,10H,4-5,8-9,15H2,1-3H3. The van der Waals surface area contributed by atoms with E-state index in [0.717, 1.165) is 12.2 Å². The normalized spacial score (nSPS) is 10.3. The Morgan fingerprint density at radius 2 is 2.05 bits per heavy atom. The molecule has 0 aliphatic rings. The van der Waals surface area contributed by atoms with Gasteiger partial charge in [0.1, 0.15) is 0 Å². The number of likely N-dealkylation sites (N-methyl/N-ethyl adjacent to an activating group) is 1. The van der Waals surface area contributed by atoms with Gasteiger partial charge in [-0.25, -0.2) is 4.79 Å². The number of anilines is 2. The molecule has 1 aromatic rings. The Morgan fingerprint density at radius 1 is 1.32 bits per heavy atom. The first-order valence-corrected chi connectivity index (χ1v) is 6.45. The van der Waals surface area contributed by atoms with E-state index in [9.17, 15) is 4.79 Å². The van der Waals surface area contributed by atoms with E-state index in [1.165, 1.54) is 0 Å². The van der Waals surface area contributed by atoms with Crippen LogP contribution < -0.4 is 10.6 Å². The van der Waals surface area contributed by atoms with E-state index < -0.39 is 0 Å². The Balaban J connectivity index is 2.73. The summed E-state index contributed by atoms with van der Waals surface area (Å²) < 4.78 is 10.2. The van der Waals surface area contributed by atoms with Crippen LogP contribution in [0.5, 0.6) is 0 Å². The molecule has 5 heteroatoms. The van der Waals surface area contributed by atoms with Gasteiger partial charge in [-0.3, -0.25) is 0 Å². The molecule has 2 N–H and O–H groups in total. The van der Waals surface area contributed by atoms with Gasteiger partial charge in [0.2, 0.25) is 0 Å². The fraction of sp³-hybridized carbons (Fsp3) is 0.500. The smallest absolute Gasteiger partial charge is 0.338 e. The minimum atomic E-state index is -0.349. The molecule has 0 spiro atoms. The van der Waals surface area contributed by atoms with Gasteiger partial charge in [0.15, 0.2) is 0 Å². The molecule has 1 rings (SSSR count). The molecule has 0 amide bonds. The second kappa shape index (κ2) is 7.63. The third-order valence-corrected chi connectivity index (χ3v) is 2.73. The van der Waals surface area contributed by atoms with Gasteiger partial charge in [-0.15, -0.1) is 0 Å².